The molecule has 0 spiro atoms. The van der Waals surface area contributed by atoms with Crippen molar-refractivity contribution in [2.75, 3.05) is 20.3 Å². The van der Waals surface area contributed by atoms with Crippen molar-refractivity contribution in [3.8, 4) is 0 Å². The topological polar surface area (TPSA) is 46.6 Å². The van der Waals surface area contributed by atoms with E-state index in [1.807, 2.05) is 0 Å². The van der Waals surface area contributed by atoms with Crippen LogP contribution in [0, 0.1) is 29.6 Å². The van der Waals surface area contributed by atoms with Crippen molar-refractivity contribution < 1.29 is 14.3 Å². The minimum absolute atomic E-state index is 0.0467. The predicted octanol–water partition coefficient (Wildman–Crippen LogP) is 1.92. The molecule has 2 saturated heterocycles. The third-order valence-corrected chi connectivity index (χ3v) is 6.66. The van der Waals surface area contributed by atoms with E-state index in [1.165, 1.54) is 28.0 Å². The van der Waals surface area contributed by atoms with E-state index in [2.05, 4.69) is 6.08 Å². The van der Waals surface area contributed by atoms with Gasteiger partial charge in [0.1, 0.15) is 0 Å². The first-order chi connectivity index (χ1) is 10.7. The molecule has 0 bridgehead atoms. The monoisotopic (exact) mass is 299 g/mol. The standard InChI is InChI=1S/C18H21NO3/c1-19-17(20)13-6-9-2-3-10-7-22-8-11-4-5-12(15(9)14(10)11)16(13)18(19)21/h4,10,12-14,16H,2-3,5-8H2,1H3/t10-,12+,13-,14+,16+/m1/s1. The fraction of sp³-hybridized carbons (Fsp3) is 0.667. The molecule has 4 heteroatoms. The van der Waals surface area contributed by atoms with E-state index in [9.17, 15) is 9.59 Å². The van der Waals surface area contributed by atoms with Crippen LogP contribution in [0.1, 0.15) is 25.7 Å². The molecule has 5 atom stereocenters. The molecule has 4 nitrogen and oxygen atoms in total. The minimum Gasteiger partial charge on any atom is -0.377 e. The maximum Gasteiger partial charge on any atom is 0.233 e. The molecular formula is C18H21NO3. The Bertz CT molecular complexity index is 647. The summed E-state index contributed by atoms with van der Waals surface area (Å²) in [5.74, 6) is 1.27. The molecule has 116 valence electrons. The van der Waals surface area contributed by atoms with Crippen molar-refractivity contribution in [3.63, 3.8) is 0 Å². The van der Waals surface area contributed by atoms with E-state index < -0.39 is 0 Å². The van der Waals surface area contributed by atoms with Gasteiger partial charge in [0.15, 0.2) is 0 Å². The number of ether oxygens (including phenoxy) is 1. The summed E-state index contributed by atoms with van der Waals surface area (Å²) >= 11 is 0. The summed E-state index contributed by atoms with van der Waals surface area (Å²) in [5, 5.41) is 0. The van der Waals surface area contributed by atoms with Crippen LogP contribution < -0.4 is 0 Å². The zero-order chi connectivity index (χ0) is 15.0. The second-order valence-corrected chi connectivity index (χ2v) is 7.54. The Morgan fingerprint density at radius 1 is 1.23 bits per heavy atom. The van der Waals surface area contributed by atoms with Crippen molar-refractivity contribution in [2.24, 2.45) is 29.6 Å². The molecule has 0 unspecified atom stereocenters. The van der Waals surface area contributed by atoms with Gasteiger partial charge in [0.05, 0.1) is 25.0 Å². The number of rotatable bonds is 0. The van der Waals surface area contributed by atoms with Gasteiger partial charge in [-0.25, -0.2) is 0 Å². The van der Waals surface area contributed by atoms with Gasteiger partial charge in [0.25, 0.3) is 0 Å². The Hall–Kier alpha value is -1.42. The van der Waals surface area contributed by atoms with Crippen LogP contribution in [0.15, 0.2) is 22.8 Å². The number of allylic oxidation sites excluding steroid dienone is 3. The molecule has 2 heterocycles. The van der Waals surface area contributed by atoms with Crippen LogP contribution in [-0.4, -0.2) is 37.0 Å². The van der Waals surface area contributed by atoms with Gasteiger partial charge in [0.2, 0.25) is 11.8 Å². The number of carbonyl (C=O) groups excluding carboxylic acids is 2. The summed E-state index contributed by atoms with van der Waals surface area (Å²) < 4.78 is 5.77. The van der Waals surface area contributed by atoms with Crippen LogP contribution in [0.3, 0.4) is 0 Å². The molecule has 2 amide bonds. The average molecular weight is 299 g/mol. The van der Waals surface area contributed by atoms with Crippen molar-refractivity contribution >= 4 is 11.8 Å². The predicted molar refractivity (Wildman–Crippen MR) is 79.6 cm³/mol. The number of nitrogens with zero attached hydrogens (tertiary/aromatic N) is 1. The SMILES string of the molecule is CN1C(=O)[C@@H]2[C@@H](CC3=C4[C@@H]5C(=CC[C@@H]42)COC[C@H]5CC3)C1=O. The van der Waals surface area contributed by atoms with Gasteiger partial charge in [-0.3, -0.25) is 14.5 Å². The highest BCUT2D eigenvalue weighted by atomic mass is 16.5. The largest absolute Gasteiger partial charge is 0.377 e. The first kappa shape index (κ1) is 13.1. The summed E-state index contributed by atoms with van der Waals surface area (Å²) in [6.45, 7) is 1.61. The van der Waals surface area contributed by atoms with Crippen LogP contribution in [0.25, 0.3) is 0 Å². The van der Waals surface area contributed by atoms with Crippen molar-refractivity contribution in [1.82, 2.24) is 4.90 Å². The number of amides is 2. The molecule has 0 aromatic carbocycles. The Morgan fingerprint density at radius 2 is 2.09 bits per heavy atom. The Morgan fingerprint density at radius 3 is 2.95 bits per heavy atom. The van der Waals surface area contributed by atoms with Gasteiger partial charge in [-0.15, -0.1) is 0 Å². The van der Waals surface area contributed by atoms with Crippen LogP contribution >= 0.6 is 0 Å². The maximum absolute atomic E-state index is 12.6. The Kier molecular flexibility index (Phi) is 2.56. The Balaban J connectivity index is 1.64. The van der Waals surface area contributed by atoms with Crippen LogP contribution in [0.4, 0.5) is 0 Å². The van der Waals surface area contributed by atoms with Crippen molar-refractivity contribution in [3.05, 3.63) is 22.8 Å². The van der Waals surface area contributed by atoms with E-state index in [4.69, 9.17) is 4.74 Å². The fourth-order valence-electron chi connectivity index (χ4n) is 5.73. The lowest BCUT2D eigenvalue weighted by Crippen LogP contribution is -2.44. The number of imide groups is 1. The van der Waals surface area contributed by atoms with Gasteiger partial charge in [0, 0.05) is 13.0 Å². The molecule has 0 N–H and O–H groups in total. The third-order valence-electron chi connectivity index (χ3n) is 6.66. The second-order valence-electron chi connectivity index (χ2n) is 7.54. The molecule has 5 rings (SSSR count). The summed E-state index contributed by atoms with van der Waals surface area (Å²) in [6.07, 6.45) is 6.31. The van der Waals surface area contributed by atoms with Crippen LogP contribution in [0.2, 0.25) is 0 Å². The summed E-state index contributed by atoms with van der Waals surface area (Å²) in [5.41, 5.74) is 4.47. The lowest BCUT2D eigenvalue weighted by Gasteiger charge is -2.49. The number of likely N-dealkylation sites (tertiary alicyclic amines) is 1. The number of hydrogen-bond donors (Lipinski definition) is 0. The lowest BCUT2D eigenvalue weighted by atomic mass is 9.56. The molecule has 2 aliphatic heterocycles. The average Bonchev–Trinajstić information content (AvgIpc) is 2.77. The lowest BCUT2D eigenvalue weighted by molar-refractivity contribution is -0.138. The second kappa shape index (κ2) is 4.31. The highest BCUT2D eigenvalue weighted by molar-refractivity contribution is 6.05. The highest BCUT2D eigenvalue weighted by Crippen LogP contribution is 2.57. The zero-order valence-corrected chi connectivity index (χ0v) is 12.9. The quantitative estimate of drug-likeness (QED) is 0.507. The van der Waals surface area contributed by atoms with Gasteiger partial charge in [-0.05, 0) is 43.1 Å². The minimum atomic E-state index is -0.101. The zero-order valence-electron chi connectivity index (χ0n) is 12.9. The molecule has 0 saturated carbocycles. The Labute approximate surface area is 130 Å². The van der Waals surface area contributed by atoms with E-state index in [0.717, 1.165) is 32.5 Å². The number of hydrogen-bond acceptors (Lipinski definition) is 3. The van der Waals surface area contributed by atoms with Gasteiger partial charge >= 0.3 is 0 Å². The molecule has 0 radical (unpaired) electrons. The van der Waals surface area contributed by atoms with E-state index in [-0.39, 0.29) is 29.6 Å². The number of carbonyl (C=O) groups is 2. The van der Waals surface area contributed by atoms with Gasteiger partial charge < -0.3 is 4.74 Å². The summed E-state index contributed by atoms with van der Waals surface area (Å²) in [6, 6.07) is 0. The first-order valence-corrected chi connectivity index (χ1v) is 8.46. The van der Waals surface area contributed by atoms with Gasteiger partial charge in [-0.1, -0.05) is 17.2 Å². The smallest absolute Gasteiger partial charge is 0.233 e. The first-order valence-electron chi connectivity index (χ1n) is 8.46. The molecule has 0 aromatic rings. The van der Waals surface area contributed by atoms with Crippen molar-refractivity contribution in [2.45, 2.75) is 25.7 Å². The normalized spacial score (nSPS) is 43.0. The molecule has 5 aliphatic rings. The van der Waals surface area contributed by atoms with Gasteiger partial charge in [-0.2, -0.15) is 0 Å². The van der Waals surface area contributed by atoms with E-state index in [1.54, 1.807) is 7.05 Å². The molecule has 2 fully saturated rings. The summed E-state index contributed by atoms with van der Waals surface area (Å²) in [4.78, 5) is 26.4. The number of fused-ring (bicyclic) bond motifs is 2. The van der Waals surface area contributed by atoms with Crippen molar-refractivity contribution in [1.29, 1.82) is 0 Å². The maximum atomic E-state index is 12.6. The van der Waals surface area contributed by atoms with Crippen LogP contribution in [0.5, 0.6) is 0 Å². The van der Waals surface area contributed by atoms with E-state index >= 15 is 0 Å². The third kappa shape index (κ3) is 1.47. The highest BCUT2D eigenvalue weighted by Gasteiger charge is 2.56. The van der Waals surface area contributed by atoms with E-state index in [0.29, 0.717) is 11.8 Å². The fourth-order valence-corrected chi connectivity index (χ4v) is 5.73. The van der Waals surface area contributed by atoms with Crippen LogP contribution in [-0.2, 0) is 14.3 Å². The molecular weight excluding hydrogens is 278 g/mol. The molecule has 22 heavy (non-hydrogen) atoms. The summed E-state index contributed by atoms with van der Waals surface area (Å²) in [7, 11) is 1.66. The molecule has 3 aliphatic carbocycles. The molecule has 0 aromatic heterocycles.